The third-order valence-electron chi connectivity index (χ3n) is 3.43. The van der Waals surface area contributed by atoms with Gasteiger partial charge in [0.25, 0.3) is 0 Å². The molecule has 0 N–H and O–H groups in total. The van der Waals surface area contributed by atoms with Gasteiger partial charge in [-0.05, 0) is 17.7 Å². The van der Waals surface area contributed by atoms with Crippen molar-refractivity contribution in [1.29, 1.82) is 0 Å². The molecule has 0 amide bonds. The van der Waals surface area contributed by atoms with Crippen molar-refractivity contribution in [2.75, 3.05) is 0 Å². The maximum absolute atomic E-state index is 13.0. The zero-order chi connectivity index (χ0) is 17.9. The Balaban J connectivity index is 1.94. The van der Waals surface area contributed by atoms with Gasteiger partial charge in [-0.1, -0.05) is 42.5 Å². The quantitative estimate of drug-likeness (QED) is 0.623. The Kier molecular flexibility index (Phi) is 4.44. The van der Waals surface area contributed by atoms with E-state index < -0.39 is 11.9 Å². The Bertz CT molecular complexity index is 894. The number of ether oxygens (including phenoxy) is 1. The van der Waals surface area contributed by atoms with Crippen LogP contribution in [0, 0.1) is 6.57 Å². The molecule has 0 unspecified atom stereocenters. The van der Waals surface area contributed by atoms with E-state index in [2.05, 4.69) is 9.83 Å². The maximum Gasteiger partial charge on any atom is 0.435 e. The van der Waals surface area contributed by atoms with Gasteiger partial charge in [0.1, 0.15) is 6.61 Å². The summed E-state index contributed by atoms with van der Waals surface area (Å²) in [6.45, 7) is 7.03. The van der Waals surface area contributed by atoms with Crippen LogP contribution in [0.3, 0.4) is 0 Å². The van der Waals surface area contributed by atoms with Crippen LogP contribution in [-0.4, -0.2) is 9.55 Å². The van der Waals surface area contributed by atoms with Crippen molar-refractivity contribution in [2.24, 2.45) is 0 Å². The van der Waals surface area contributed by atoms with E-state index in [-0.39, 0.29) is 12.6 Å². The first-order chi connectivity index (χ1) is 12.0. The van der Waals surface area contributed by atoms with Crippen LogP contribution in [0.5, 0.6) is 6.01 Å². The minimum atomic E-state index is -4.58. The number of halogens is 3. The largest absolute Gasteiger partial charge is 0.460 e. The third kappa shape index (κ3) is 3.80. The molecule has 3 rings (SSSR count). The summed E-state index contributed by atoms with van der Waals surface area (Å²) >= 11 is 0. The van der Waals surface area contributed by atoms with E-state index in [1.165, 1.54) is 16.7 Å². The first-order valence-electron chi connectivity index (χ1n) is 7.28. The predicted octanol–water partition coefficient (Wildman–Crippen LogP) is 5.02. The highest BCUT2D eigenvalue weighted by Gasteiger charge is 2.35. The molecule has 0 saturated heterocycles. The number of rotatable bonds is 4. The van der Waals surface area contributed by atoms with Crippen molar-refractivity contribution in [2.45, 2.75) is 12.8 Å². The van der Waals surface area contributed by atoms with Crippen molar-refractivity contribution in [3.63, 3.8) is 0 Å². The smallest absolute Gasteiger partial charge is 0.435 e. The molecule has 0 spiro atoms. The number of imidazole rings is 1. The van der Waals surface area contributed by atoms with Gasteiger partial charge >= 0.3 is 12.2 Å². The van der Waals surface area contributed by atoms with Crippen LogP contribution in [0.4, 0.5) is 18.9 Å². The monoisotopic (exact) mass is 343 g/mol. The van der Waals surface area contributed by atoms with Gasteiger partial charge in [0.2, 0.25) is 0 Å². The second-order valence-electron chi connectivity index (χ2n) is 5.18. The molecular weight excluding hydrogens is 331 g/mol. The summed E-state index contributed by atoms with van der Waals surface area (Å²) in [6.07, 6.45) is -3.69. The fourth-order valence-corrected chi connectivity index (χ4v) is 2.20. The molecule has 4 nitrogen and oxygen atoms in total. The number of aromatic nitrogens is 2. The number of nitrogens with zero attached hydrogens (tertiary/aromatic N) is 3. The molecule has 2 aromatic carbocycles. The van der Waals surface area contributed by atoms with E-state index in [9.17, 15) is 13.2 Å². The SMILES string of the molecule is [C-]#[N+]c1ccc(-n2cc(C(F)(F)F)nc2OCc2ccccc2)cc1. The first-order valence-corrected chi connectivity index (χ1v) is 7.28. The maximum atomic E-state index is 13.0. The van der Waals surface area contributed by atoms with Gasteiger partial charge in [0.15, 0.2) is 11.4 Å². The Morgan fingerprint density at radius 2 is 1.72 bits per heavy atom. The van der Waals surface area contributed by atoms with E-state index >= 15 is 0 Å². The zero-order valence-corrected chi connectivity index (χ0v) is 12.9. The highest BCUT2D eigenvalue weighted by atomic mass is 19.4. The van der Waals surface area contributed by atoms with Gasteiger partial charge < -0.3 is 4.74 Å². The predicted molar refractivity (Wildman–Crippen MR) is 85.6 cm³/mol. The summed E-state index contributed by atoms with van der Waals surface area (Å²) in [5.74, 6) is 0. The number of hydrogen-bond acceptors (Lipinski definition) is 2. The topological polar surface area (TPSA) is 31.4 Å². The molecule has 1 aromatic heterocycles. The first kappa shape index (κ1) is 16.6. The summed E-state index contributed by atoms with van der Waals surface area (Å²) in [5.41, 5.74) is 0.601. The van der Waals surface area contributed by atoms with Crippen LogP contribution in [-0.2, 0) is 12.8 Å². The Labute approximate surface area is 141 Å². The lowest BCUT2D eigenvalue weighted by Gasteiger charge is -2.09. The lowest BCUT2D eigenvalue weighted by Crippen LogP contribution is -2.05. The normalized spacial score (nSPS) is 11.1. The van der Waals surface area contributed by atoms with Gasteiger partial charge in [-0.2, -0.15) is 18.2 Å². The van der Waals surface area contributed by atoms with Crippen molar-refractivity contribution >= 4 is 5.69 Å². The average Bonchev–Trinajstić information content (AvgIpc) is 3.05. The lowest BCUT2D eigenvalue weighted by molar-refractivity contribution is -0.141. The molecule has 0 bridgehead atoms. The van der Waals surface area contributed by atoms with Crippen LogP contribution >= 0.6 is 0 Å². The average molecular weight is 343 g/mol. The van der Waals surface area contributed by atoms with Crippen LogP contribution in [0.2, 0.25) is 0 Å². The van der Waals surface area contributed by atoms with Gasteiger partial charge in [-0.25, -0.2) is 4.85 Å². The minimum absolute atomic E-state index is 0.0925. The van der Waals surface area contributed by atoms with E-state index in [4.69, 9.17) is 11.3 Å². The molecule has 126 valence electrons. The summed E-state index contributed by atoms with van der Waals surface area (Å²) in [5, 5.41) is 0. The van der Waals surface area contributed by atoms with Gasteiger partial charge in [0.05, 0.1) is 6.57 Å². The third-order valence-corrected chi connectivity index (χ3v) is 3.43. The van der Waals surface area contributed by atoms with Crippen molar-refractivity contribution < 1.29 is 17.9 Å². The van der Waals surface area contributed by atoms with Crippen LogP contribution in [0.25, 0.3) is 10.5 Å². The van der Waals surface area contributed by atoms with Crippen LogP contribution < -0.4 is 4.74 Å². The number of alkyl halides is 3. The second kappa shape index (κ2) is 6.69. The Hall–Kier alpha value is -3.27. The number of benzene rings is 2. The molecule has 0 radical (unpaired) electrons. The Morgan fingerprint density at radius 1 is 1.04 bits per heavy atom. The molecule has 0 fully saturated rings. The highest BCUT2D eigenvalue weighted by molar-refractivity contribution is 5.50. The molecule has 0 aliphatic heterocycles. The van der Waals surface area contributed by atoms with Crippen LogP contribution in [0.15, 0.2) is 60.8 Å². The van der Waals surface area contributed by atoms with E-state index in [0.717, 1.165) is 11.8 Å². The highest BCUT2D eigenvalue weighted by Crippen LogP contribution is 2.32. The fraction of sp³-hybridized carbons (Fsp3) is 0.111. The zero-order valence-electron chi connectivity index (χ0n) is 12.9. The van der Waals surface area contributed by atoms with E-state index in [1.807, 2.05) is 30.3 Å². The molecule has 0 saturated carbocycles. The molecule has 7 heteroatoms. The van der Waals surface area contributed by atoms with Crippen molar-refractivity contribution in [3.8, 4) is 11.7 Å². The molecule has 0 aliphatic rings. The molecule has 3 aromatic rings. The lowest BCUT2D eigenvalue weighted by atomic mass is 10.2. The molecule has 25 heavy (non-hydrogen) atoms. The minimum Gasteiger partial charge on any atom is -0.460 e. The molecule has 0 aliphatic carbocycles. The van der Waals surface area contributed by atoms with E-state index in [1.54, 1.807) is 12.1 Å². The summed E-state index contributed by atoms with van der Waals surface area (Å²) in [6, 6.07) is 15.1. The van der Waals surface area contributed by atoms with Gasteiger partial charge in [-0.15, -0.1) is 0 Å². The fourth-order valence-electron chi connectivity index (χ4n) is 2.20. The molecular formula is C18H12F3N3O. The van der Waals surface area contributed by atoms with Crippen LogP contribution in [0.1, 0.15) is 11.3 Å². The summed E-state index contributed by atoms with van der Waals surface area (Å²) < 4.78 is 45.7. The van der Waals surface area contributed by atoms with E-state index in [0.29, 0.717) is 11.4 Å². The Morgan fingerprint density at radius 3 is 2.32 bits per heavy atom. The van der Waals surface area contributed by atoms with Gasteiger partial charge in [0, 0.05) is 11.9 Å². The van der Waals surface area contributed by atoms with Crippen molar-refractivity contribution in [3.05, 3.63) is 83.5 Å². The standard InChI is InChI=1S/C18H12F3N3O/c1-22-14-7-9-15(10-8-14)24-11-16(18(19,20)21)23-17(24)25-12-13-5-3-2-4-6-13/h2-11H,12H2. The second-order valence-corrected chi connectivity index (χ2v) is 5.18. The molecule has 1 heterocycles. The summed E-state index contributed by atoms with van der Waals surface area (Å²) in [7, 11) is 0. The van der Waals surface area contributed by atoms with Crippen molar-refractivity contribution in [1.82, 2.24) is 9.55 Å². The summed E-state index contributed by atoms with van der Waals surface area (Å²) in [4.78, 5) is 6.83. The molecule has 0 atom stereocenters. The number of hydrogen-bond donors (Lipinski definition) is 0. The van der Waals surface area contributed by atoms with Gasteiger partial charge in [-0.3, -0.25) is 4.57 Å².